The van der Waals surface area contributed by atoms with E-state index in [0.29, 0.717) is 24.8 Å². The molecule has 13 amide bonds. The fourth-order valence-corrected chi connectivity index (χ4v) is 11.6. The molecule has 0 aliphatic carbocycles. The summed E-state index contributed by atoms with van der Waals surface area (Å²) in [5.74, 6) is -18.7. The number of hydrogen-bond donors (Lipinski definition) is 21. The van der Waals surface area contributed by atoms with E-state index in [4.69, 9.17) is 22.9 Å². The SMILES string of the molecule is CC[C@H](C)[C@H](NC(=O)CNC(=O)CNC(=O)[C@@H](N)CC(C)C)C(=O)N[C@@H](Cc1ccccc1)C(=O)N[C@@H](CCC(=O)O)C(=O)N[C@@H](C)C(=O)N[C@@H](CCSC)C(=O)N[C@@H](CCCCN)C(=O)N[C@@H](CCSC)C(=O)N[C@@H](CCC(=O)O)C(=O)N[C@@H](CC(C)C)C(=O)N[C@@H](CCCN=C(N)N)C(=O)N[C@@H](CC(=O)O)C(=O)O. The van der Waals surface area contributed by atoms with Crippen LogP contribution in [-0.4, -0.2) is 250 Å². The van der Waals surface area contributed by atoms with Crippen LogP contribution in [0.1, 0.15) is 150 Å². The highest BCUT2D eigenvalue weighted by Crippen LogP contribution is 2.15. The summed E-state index contributed by atoms with van der Waals surface area (Å²) in [7, 11) is 0. The van der Waals surface area contributed by atoms with Crippen molar-refractivity contribution in [3.05, 3.63) is 35.9 Å². The Labute approximate surface area is 653 Å². The molecule has 111 heavy (non-hydrogen) atoms. The first-order chi connectivity index (χ1) is 52.3. The second-order valence-electron chi connectivity index (χ2n) is 27.4. The van der Waals surface area contributed by atoms with E-state index in [-0.39, 0.29) is 93.8 Å². The Kier molecular flexibility index (Phi) is 48.1. The highest BCUT2D eigenvalue weighted by atomic mass is 32.2. The molecule has 1 aromatic carbocycles. The van der Waals surface area contributed by atoms with Crippen molar-refractivity contribution in [2.75, 3.05) is 50.2 Å². The van der Waals surface area contributed by atoms with Gasteiger partial charge in [-0.15, -0.1) is 0 Å². The first kappa shape index (κ1) is 99.1. The molecule has 1 rings (SSSR count). The van der Waals surface area contributed by atoms with Gasteiger partial charge in [0.15, 0.2) is 5.96 Å². The fraction of sp³-hybridized carbons (Fsp3) is 0.657. The van der Waals surface area contributed by atoms with Crippen molar-refractivity contribution in [3.8, 4) is 0 Å². The summed E-state index contributed by atoms with van der Waals surface area (Å²) >= 11 is 2.54. The molecule has 0 aliphatic rings. The Morgan fingerprint density at radius 1 is 0.441 bits per heavy atom. The molecule has 0 heterocycles. The summed E-state index contributed by atoms with van der Waals surface area (Å²) in [5.41, 5.74) is 23.1. The summed E-state index contributed by atoms with van der Waals surface area (Å²) in [6, 6.07) is -9.56. The van der Waals surface area contributed by atoms with Crippen molar-refractivity contribution < 1.29 is 102 Å². The van der Waals surface area contributed by atoms with Crippen molar-refractivity contribution in [1.82, 2.24) is 69.1 Å². The van der Waals surface area contributed by atoms with Crippen molar-refractivity contribution in [3.63, 3.8) is 0 Å². The van der Waals surface area contributed by atoms with Crippen LogP contribution in [0.4, 0.5) is 0 Å². The zero-order valence-corrected chi connectivity index (χ0v) is 66.0. The number of carboxylic acid groups (broad SMARTS) is 4. The van der Waals surface area contributed by atoms with Crippen LogP contribution in [0.25, 0.3) is 0 Å². The standard InChI is InChI=1S/C70H116N18O21S2/c1-10-39(6)57(88-53(90)36-76-52(89)35-77-59(98)42(72)31-37(2)3)68(107)86-50(33-41-17-12-11-13-18-41)67(106)83-45(21-23-54(91)92)60(99)78-40(7)58(97)79-47(25-29-110-8)64(103)80-43(19-14-15-27-71)61(100)84-48(26-30-111-9)65(104)82-46(22-24-55(93)94)63(102)85-49(32-38(4)5)66(105)81-44(20-16-28-75-70(73)74)62(101)87-51(69(108)109)34-56(95)96/h11-13,17-18,37-40,42-51,57H,10,14-16,19-36,71-72H2,1-9H3,(H,76,89)(H,77,98)(H,78,99)(H,79,97)(H,80,103)(H,81,105)(H,82,104)(H,83,106)(H,84,100)(H,85,102)(H,86,107)(H,87,101)(H,88,90)(H,91,92)(H,93,94)(H,95,96)(H,108,109)(H4,73,74,75)/t39-,40-,42-,43-,44-,45-,46-,47-,48-,49-,50-,51-,57-/m0/s1. The Hall–Kier alpha value is -9.90. The molecule has 0 unspecified atom stereocenters. The van der Waals surface area contributed by atoms with Gasteiger partial charge in [0, 0.05) is 25.8 Å². The number of carboxylic acids is 4. The number of aliphatic carboxylic acids is 4. The smallest absolute Gasteiger partial charge is 0.326 e. The molecule has 0 spiro atoms. The lowest BCUT2D eigenvalue weighted by Gasteiger charge is -2.28. The number of nitrogens with zero attached hydrogens (tertiary/aromatic N) is 1. The third-order valence-corrected chi connectivity index (χ3v) is 18.2. The van der Waals surface area contributed by atoms with E-state index >= 15 is 0 Å². The predicted octanol–water partition coefficient (Wildman–Crippen LogP) is -3.74. The molecule has 25 N–H and O–H groups in total. The van der Waals surface area contributed by atoms with E-state index in [1.54, 1.807) is 70.5 Å². The van der Waals surface area contributed by atoms with Crippen LogP contribution in [0.2, 0.25) is 0 Å². The maximum atomic E-state index is 14.5. The van der Waals surface area contributed by atoms with Gasteiger partial charge in [0.1, 0.15) is 66.5 Å². The summed E-state index contributed by atoms with van der Waals surface area (Å²) < 4.78 is 0. The van der Waals surface area contributed by atoms with E-state index in [0.717, 1.165) is 0 Å². The zero-order chi connectivity index (χ0) is 84.0. The first-order valence-electron chi connectivity index (χ1n) is 36.6. The number of carbonyl (C=O) groups excluding carboxylic acids is 13. The monoisotopic (exact) mass is 1610 g/mol. The molecule has 41 heteroatoms. The van der Waals surface area contributed by atoms with Crippen LogP contribution < -0.4 is 92.1 Å². The molecule has 0 fully saturated rings. The molecule has 13 atom stereocenters. The molecular formula is C70H116N18O21S2. The average Bonchev–Trinajstić information content (AvgIpc) is 0.872. The lowest BCUT2D eigenvalue weighted by Crippen LogP contribution is -2.61. The Bertz CT molecular complexity index is 3300. The van der Waals surface area contributed by atoms with Gasteiger partial charge in [-0.25, -0.2) is 4.79 Å². The molecule has 1 aromatic rings. The van der Waals surface area contributed by atoms with Crippen LogP contribution >= 0.6 is 23.5 Å². The van der Waals surface area contributed by atoms with Gasteiger partial charge in [0.2, 0.25) is 76.8 Å². The molecule has 0 aliphatic heterocycles. The molecule has 0 aromatic heterocycles. The van der Waals surface area contributed by atoms with Gasteiger partial charge in [0.25, 0.3) is 0 Å². The second-order valence-corrected chi connectivity index (χ2v) is 29.3. The number of guanidine groups is 1. The van der Waals surface area contributed by atoms with Gasteiger partial charge in [0.05, 0.1) is 25.6 Å². The highest BCUT2D eigenvalue weighted by Gasteiger charge is 2.38. The zero-order valence-electron chi connectivity index (χ0n) is 64.4. The quantitative estimate of drug-likeness (QED) is 0.0169. The molecular weight excluding hydrogens is 1490 g/mol. The summed E-state index contributed by atoms with van der Waals surface area (Å²) in [5, 5.41) is 70.7. The summed E-state index contributed by atoms with van der Waals surface area (Å²) in [4.78, 5) is 232. The largest absolute Gasteiger partial charge is 0.481 e. The Morgan fingerprint density at radius 2 is 0.856 bits per heavy atom. The molecule has 0 saturated heterocycles. The Morgan fingerprint density at radius 3 is 1.30 bits per heavy atom. The van der Waals surface area contributed by atoms with Crippen molar-refractivity contribution >= 4 is 130 Å². The minimum absolute atomic E-state index is 0.0234. The number of thioether (sulfide) groups is 2. The van der Waals surface area contributed by atoms with Gasteiger partial charge >= 0.3 is 23.9 Å². The van der Waals surface area contributed by atoms with Crippen molar-refractivity contribution in [2.45, 2.75) is 224 Å². The van der Waals surface area contributed by atoms with Crippen molar-refractivity contribution in [2.24, 2.45) is 45.7 Å². The van der Waals surface area contributed by atoms with E-state index in [2.05, 4.69) is 74.1 Å². The predicted molar refractivity (Wildman–Crippen MR) is 412 cm³/mol. The lowest BCUT2D eigenvalue weighted by atomic mass is 9.97. The number of nitrogens with one attached hydrogen (secondary N) is 13. The van der Waals surface area contributed by atoms with Gasteiger partial charge in [-0.1, -0.05) is 78.3 Å². The van der Waals surface area contributed by atoms with Crippen LogP contribution in [0.15, 0.2) is 35.3 Å². The second kappa shape index (κ2) is 53.9. The van der Waals surface area contributed by atoms with Crippen LogP contribution in [0.5, 0.6) is 0 Å². The minimum atomic E-state index is -1.92. The lowest BCUT2D eigenvalue weighted by molar-refractivity contribution is -0.147. The van der Waals surface area contributed by atoms with Crippen molar-refractivity contribution in [1.29, 1.82) is 0 Å². The normalized spacial score (nSPS) is 14.6. The number of carbonyl (C=O) groups is 17. The molecule has 0 bridgehead atoms. The maximum Gasteiger partial charge on any atom is 0.326 e. The summed E-state index contributed by atoms with van der Waals surface area (Å²) in [6.07, 6.45) is 0.378. The van der Waals surface area contributed by atoms with Gasteiger partial charge in [-0.3, -0.25) is 81.7 Å². The number of hydrogen-bond acceptors (Lipinski definition) is 22. The average molecular weight is 1610 g/mol. The van der Waals surface area contributed by atoms with Crippen LogP contribution in [0.3, 0.4) is 0 Å². The van der Waals surface area contributed by atoms with Gasteiger partial charge < -0.3 is 112 Å². The Balaban J connectivity index is 3.60. The van der Waals surface area contributed by atoms with Gasteiger partial charge in [-0.2, -0.15) is 23.5 Å². The number of amides is 13. The highest BCUT2D eigenvalue weighted by molar-refractivity contribution is 7.98. The number of unbranched alkanes of at least 4 members (excludes halogenated alkanes) is 1. The third kappa shape index (κ3) is 41.6. The van der Waals surface area contributed by atoms with Crippen LogP contribution in [-0.2, 0) is 87.9 Å². The number of nitrogens with two attached hydrogens (primary N) is 4. The number of aliphatic imine (C=N–C) groups is 1. The van der Waals surface area contributed by atoms with E-state index in [1.165, 1.54) is 30.4 Å². The summed E-state index contributed by atoms with van der Waals surface area (Å²) in [6.45, 7) is 10.7. The molecule has 624 valence electrons. The van der Waals surface area contributed by atoms with E-state index in [9.17, 15) is 102 Å². The minimum Gasteiger partial charge on any atom is -0.481 e. The topological polar surface area (TPSA) is 644 Å². The molecule has 39 nitrogen and oxygen atoms in total. The van der Waals surface area contributed by atoms with Gasteiger partial charge in [-0.05, 0) is 131 Å². The number of rotatable bonds is 57. The van der Waals surface area contributed by atoms with E-state index in [1.807, 2.05) is 13.8 Å². The molecule has 0 radical (unpaired) electrons. The fourth-order valence-electron chi connectivity index (χ4n) is 10.7. The first-order valence-corrected chi connectivity index (χ1v) is 39.3. The third-order valence-electron chi connectivity index (χ3n) is 16.9. The number of benzene rings is 1. The maximum absolute atomic E-state index is 14.5. The van der Waals surface area contributed by atoms with E-state index < -0.39 is 224 Å². The van der Waals surface area contributed by atoms with Crippen LogP contribution in [0, 0.1) is 17.8 Å². The molecule has 0 saturated carbocycles.